The Morgan fingerprint density at radius 2 is 1.84 bits per heavy atom. The fraction of sp³-hybridized carbons (Fsp3) is 0.281. The molecule has 0 aliphatic rings. The minimum Gasteiger partial charge on any atom is -0.441 e. The molecule has 4 rings (SSSR count). The minimum absolute atomic E-state index is 0.0248. The zero-order valence-corrected chi connectivity index (χ0v) is 25.6. The van der Waals surface area contributed by atoms with E-state index in [0.717, 1.165) is 39.2 Å². The van der Waals surface area contributed by atoms with Crippen LogP contribution < -0.4 is 20.9 Å². The van der Waals surface area contributed by atoms with Crippen molar-refractivity contribution >= 4 is 40.8 Å². The quantitative estimate of drug-likeness (QED) is 0.0828. The van der Waals surface area contributed by atoms with Gasteiger partial charge < -0.3 is 30.6 Å². The van der Waals surface area contributed by atoms with E-state index >= 15 is 0 Å². The molecule has 0 spiro atoms. The number of benzene rings is 1. The smallest absolute Gasteiger partial charge is 0.340 e. The van der Waals surface area contributed by atoms with Gasteiger partial charge in [-0.3, -0.25) is 0 Å². The molecule has 0 aliphatic heterocycles. The largest absolute Gasteiger partial charge is 0.441 e. The molecule has 4 N–H and O–H groups in total. The van der Waals surface area contributed by atoms with Gasteiger partial charge in [0.1, 0.15) is 11.6 Å². The number of hydrogen-bond donors (Lipinski definition) is 4. The van der Waals surface area contributed by atoms with Crippen LogP contribution in [0, 0.1) is 20.8 Å². The van der Waals surface area contributed by atoms with Gasteiger partial charge >= 0.3 is 5.97 Å². The van der Waals surface area contributed by atoms with Crippen LogP contribution in [0.4, 0.5) is 29.2 Å². The third kappa shape index (κ3) is 7.56. The standard InChI is InChI=1S/C32H39N9O2/c1-8-11-20(3)27-24(14-15-34-27)18-35-28-21(4)17-37-32(40-28)41(7)19-43-30(42)25-12-10-13-26(23(25)6)38-29-22(5)16-36-31(39-29)33-9-2/h8,10-17,34H,1,9,18-19H2,2-7H3,(H,35,37,40)(H2,33,36,38,39)/b20-11-. The number of carbonyl (C=O) groups excluding carboxylic acids is 1. The molecule has 0 atom stereocenters. The second-order valence-corrected chi connectivity index (χ2v) is 10.1. The molecular formula is C32H39N9O2. The summed E-state index contributed by atoms with van der Waals surface area (Å²) in [4.78, 5) is 36.0. The Morgan fingerprint density at radius 1 is 1.07 bits per heavy atom. The molecule has 0 radical (unpaired) electrons. The van der Waals surface area contributed by atoms with Crippen molar-refractivity contribution in [2.45, 2.75) is 41.2 Å². The van der Waals surface area contributed by atoms with Crippen molar-refractivity contribution in [3.05, 3.63) is 95.1 Å². The lowest BCUT2D eigenvalue weighted by Gasteiger charge is -2.19. The van der Waals surface area contributed by atoms with Crippen molar-refractivity contribution in [3.8, 4) is 0 Å². The van der Waals surface area contributed by atoms with Crippen LogP contribution in [0.15, 0.2) is 61.6 Å². The van der Waals surface area contributed by atoms with E-state index in [1.54, 1.807) is 36.5 Å². The van der Waals surface area contributed by atoms with Gasteiger partial charge in [0.25, 0.3) is 0 Å². The molecule has 0 amide bonds. The summed E-state index contributed by atoms with van der Waals surface area (Å²) in [6.45, 7) is 14.8. The Bertz CT molecular complexity index is 1630. The molecule has 0 aliphatic carbocycles. The molecule has 0 bridgehead atoms. The molecule has 3 aromatic heterocycles. The number of nitrogens with zero attached hydrogens (tertiary/aromatic N) is 5. The molecule has 4 aromatic rings. The van der Waals surface area contributed by atoms with Crippen LogP contribution in [0.1, 0.15) is 52.2 Å². The number of aryl methyl sites for hydroxylation is 2. The van der Waals surface area contributed by atoms with Crippen LogP contribution in [-0.4, -0.2) is 51.2 Å². The molecule has 11 heteroatoms. The van der Waals surface area contributed by atoms with E-state index in [4.69, 9.17) is 4.74 Å². The highest BCUT2D eigenvalue weighted by Gasteiger charge is 2.17. The Labute approximate surface area is 252 Å². The highest BCUT2D eigenvalue weighted by atomic mass is 16.5. The first-order valence-electron chi connectivity index (χ1n) is 14.1. The summed E-state index contributed by atoms with van der Waals surface area (Å²) in [6.07, 6.45) is 9.16. The number of allylic oxidation sites excluding steroid dienone is 3. The van der Waals surface area contributed by atoms with Crippen molar-refractivity contribution < 1.29 is 9.53 Å². The first-order valence-corrected chi connectivity index (χ1v) is 14.1. The average molecular weight is 582 g/mol. The minimum atomic E-state index is -0.450. The third-order valence-corrected chi connectivity index (χ3v) is 6.84. The van der Waals surface area contributed by atoms with Crippen molar-refractivity contribution in [2.75, 3.05) is 41.2 Å². The molecule has 0 saturated heterocycles. The first-order chi connectivity index (χ1) is 20.7. The molecule has 0 fully saturated rings. The number of ether oxygens (including phenoxy) is 1. The normalized spacial score (nSPS) is 11.2. The molecule has 0 saturated carbocycles. The van der Waals surface area contributed by atoms with Gasteiger partial charge in [-0.15, -0.1) is 0 Å². The summed E-state index contributed by atoms with van der Waals surface area (Å²) in [5, 5.41) is 9.85. The van der Waals surface area contributed by atoms with Gasteiger partial charge in [-0.1, -0.05) is 24.8 Å². The fourth-order valence-corrected chi connectivity index (χ4v) is 4.37. The topological polar surface area (TPSA) is 133 Å². The predicted molar refractivity (Wildman–Crippen MR) is 173 cm³/mol. The summed E-state index contributed by atoms with van der Waals surface area (Å²) in [6, 6.07) is 7.48. The van der Waals surface area contributed by atoms with E-state index in [2.05, 4.69) is 47.4 Å². The molecule has 1 aromatic carbocycles. The van der Waals surface area contributed by atoms with E-state index in [0.29, 0.717) is 42.2 Å². The van der Waals surface area contributed by atoms with E-state index < -0.39 is 5.97 Å². The van der Waals surface area contributed by atoms with Crippen molar-refractivity contribution in [3.63, 3.8) is 0 Å². The number of carbonyl (C=O) groups is 1. The lowest BCUT2D eigenvalue weighted by atomic mass is 10.1. The number of aromatic amines is 1. The second-order valence-electron chi connectivity index (χ2n) is 10.1. The number of esters is 1. The average Bonchev–Trinajstić information content (AvgIpc) is 3.47. The van der Waals surface area contributed by atoms with E-state index in [9.17, 15) is 4.79 Å². The molecule has 11 nitrogen and oxygen atoms in total. The SMILES string of the molecule is C=C/C=C(/C)c1[nH]ccc1CNc1nc(N(C)COC(=O)c2cccc(Nc3nc(NCC)ncc3C)c2C)ncc1C. The maximum absolute atomic E-state index is 13.1. The van der Waals surface area contributed by atoms with Crippen LogP contribution in [0.5, 0.6) is 0 Å². The summed E-state index contributed by atoms with van der Waals surface area (Å²) in [5.74, 6) is 1.88. The number of hydrogen-bond acceptors (Lipinski definition) is 10. The van der Waals surface area contributed by atoms with E-state index in [1.807, 2.05) is 65.1 Å². The highest BCUT2D eigenvalue weighted by Crippen LogP contribution is 2.26. The summed E-state index contributed by atoms with van der Waals surface area (Å²) in [7, 11) is 1.78. The van der Waals surface area contributed by atoms with Crippen LogP contribution >= 0.6 is 0 Å². The lowest BCUT2D eigenvalue weighted by molar-refractivity contribution is 0.0507. The monoisotopic (exact) mass is 581 g/mol. The van der Waals surface area contributed by atoms with Crippen LogP contribution in [0.2, 0.25) is 0 Å². The zero-order valence-electron chi connectivity index (χ0n) is 25.6. The third-order valence-electron chi connectivity index (χ3n) is 6.84. The highest BCUT2D eigenvalue weighted by molar-refractivity contribution is 5.93. The first kappa shape index (κ1) is 30.8. The number of anilines is 5. The van der Waals surface area contributed by atoms with Gasteiger partial charge in [0.2, 0.25) is 11.9 Å². The Morgan fingerprint density at radius 3 is 2.60 bits per heavy atom. The molecule has 3 heterocycles. The summed E-state index contributed by atoms with van der Waals surface area (Å²) < 4.78 is 5.66. The lowest BCUT2D eigenvalue weighted by Crippen LogP contribution is -2.26. The van der Waals surface area contributed by atoms with Gasteiger partial charge in [-0.25, -0.2) is 14.8 Å². The van der Waals surface area contributed by atoms with Crippen LogP contribution in [0.3, 0.4) is 0 Å². The van der Waals surface area contributed by atoms with E-state index in [-0.39, 0.29) is 6.73 Å². The number of nitrogens with one attached hydrogen (secondary N) is 4. The summed E-state index contributed by atoms with van der Waals surface area (Å²) >= 11 is 0. The molecular weight excluding hydrogens is 542 g/mol. The van der Waals surface area contributed by atoms with Crippen molar-refractivity contribution in [1.29, 1.82) is 0 Å². The van der Waals surface area contributed by atoms with Crippen LogP contribution in [0.25, 0.3) is 5.57 Å². The predicted octanol–water partition coefficient (Wildman–Crippen LogP) is 6.15. The Balaban J connectivity index is 1.41. The molecule has 43 heavy (non-hydrogen) atoms. The second kappa shape index (κ2) is 14.1. The van der Waals surface area contributed by atoms with Gasteiger partial charge in [-0.2, -0.15) is 9.97 Å². The van der Waals surface area contributed by atoms with Gasteiger partial charge in [0.15, 0.2) is 6.73 Å². The molecule has 0 unspecified atom stereocenters. The maximum atomic E-state index is 13.1. The number of rotatable bonds is 13. The zero-order chi connectivity index (χ0) is 30.9. The van der Waals surface area contributed by atoms with Crippen molar-refractivity contribution in [2.24, 2.45) is 0 Å². The van der Waals surface area contributed by atoms with E-state index in [1.165, 1.54) is 0 Å². The molecule has 224 valence electrons. The van der Waals surface area contributed by atoms with Gasteiger partial charge in [0, 0.05) is 61.2 Å². The number of aromatic nitrogens is 5. The van der Waals surface area contributed by atoms with Gasteiger partial charge in [0.05, 0.1) is 5.56 Å². The maximum Gasteiger partial charge on any atom is 0.340 e. The Hall–Kier alpha value is -5.19. The fourth-order valence-electron chi connectivity index (χ4n) is 4.37. The Kier molecular flexibility index (Phi) is 10.1. The number of H-pyrrole nitrogens is 1. The van der Waals surface area contributed by atoms with Crippen molar-refractivity contribution in [1.82, 2.24) is 24.9 Å². The summed E-state index contributed by atoms with van der Waals surface area (Å²) in [5.41, 5.74) is 6.99. The van der Waals surface area contributed by atoms with Gasteiger partial charge in [-0.05, 0) is 69.5 Å². The van der Waals surface area contributed by atoms with Crippen LogP contribution in [-0.2, 0) is 11.3 Å².